The number of carbonyl (C=O) groups is 2. The number of sulfonamides is 1. The van der Waals surface area contributed by atoms with Crippen LogP contribution in [-0.2, 0) is 21.4 Å². The second-order valence-corrected chi connectivity index (χ2v) is 11.7. The topological polar surface area (TPSA) is 86.8 Å². The molecule has 0 bridgehead atoms. The minimum Gasteiger partial charge on any atom is -0.352 e. The smallest absolute Gasteiger partial charge is 0.254 e. The van der Waals surface area contributed by atoms with Crippen LogP contribution in [0.4, 0.5) is 0 Å². The third-order valence-corrected chi connectivity index (χ3v) is 9.58. The fraction of sp³-hybridized carbons (Fsp3) is 0.455. The standard InChI is InChI=1S/C22H26ClN3O4S2/c23-19-5-3-16(4-6-19)14-24-21(27)17-7-11-26(12-8-17)32(29,30)20-13-18(15-31-20)22(28)25-9-1-2-10-25/h3-6,13,15,17H,1-2,7-12,14H2,(H,24,27). The Balaban J connectivity index is 1.31. The highest BCUT2D eigenvalue weighted by molar-refractivity contribution is 7.91. The number of hydrogen-bond acceptors (Lipinski definition) is 5. The van der Waals surface area contributed by atoms with Crippen LogP contribution in [0.15, 0.2) is 39.9 Å². The molecule has 0 saturated carbocycles. The van der Waals surface area contributed by atoms with Crippen molar-refractivity contribution in [3.8, 4) is 0 Å². The fourth-order valence-electron chi connectivity index (χ4n) is 4.09. The Bertz CT molecular complexity index is 1070. The number of likely N-dealkylation sites (tertiary alicyclic amines) is 1. The minimum absolute atomic E-state index is 0.0633. The Labute approximate surface area is 197 Å². The van der Waals surface area contributed by atoms with Crippen molar-refractivity contribution in [1.29, 1.82) is 0 Å². The Morgan fingerprint density at radius 1 is 1.06 bits per heavy atom. The molecule has 0 spiro atoms. The molecule has 3 heterocycles. The summed E-state index contributed by atoms with van der Waals surface area (Å²) in [6, 6.07) is 8.77. The molecule has 10 heteroatoms. The Morgan fingerprint density at radius 2 is 1.72 bits per heavy atom. The van der Waals surface area contributed by atoms with Crippen LogP contribution in [0.5, 0.6) is 0 Å². The van der Waals surface area contributed by atoms with Crippen molar-refractivity contribution >= 4 is 44.8 Å². The van der Waals surface area contributed by atoms with Crippen LogP contribution in [0.1, 0.15) is 41.6 Å². The zero-order valence-corrected chi connectivity index (χ0v) is 20.0. The molecule has 0 unspecified atom stereocenters. The van der Waals surface area contributed by atoms with Crippen LogP contribution < -0.4 is 5.32 Å². The van der Waals surface area contributed by atoms with E-state index in [1.807, 2.05) is 12.1 Å². The molecule has 1 N–H and O–H groups in total. The zero-order chi connectivity index (χ0) is 22.7. The van der Waals surface area contributed by atoms with E-state index in [1.54, 1.807) is 22.4 Å². The number of hydrogen-bond donors (Lipinski definition) is 1. The SMILES string of the molecule is O=C(NCc1ccc(Cl)cc1)C1CCN(S(=O)(=O)c2cc(C(=O)N3CCCC3)cs2)CC1. The van der Waals surface area contributed by atoms with Gasteiger partial charge in [0.15, 0.2) is 0 Å². The Kier molecular flexibility index (Phi) is 7.19. The van der Waals surface area contributed by atoms with Crippen molar-refractivity contribution in [3.05, 3.63) is 51.9 Å². The molecule has 7 nitrogen and oxygen atoms in total. The first-order valence-electron chi connectivity index (χ1n) is 10.7. The lowest BCUT2D eigenvalue weighted by atomic mass is 9.97. The van der Waals surface area contributed by atoms with Gasteiger partial charge in [-0.25, -0.2) is 8.42 Å². The van der Waals surface area contributed by atoms with Crippen molar-refractivity contribution in [1.82, 2.24) is 14.5 Å². The summed E-state index contributed by atoms with van der Waals surface area (Å²) in [5.41, 5.74) is 1.40. The lowest BCUT2D eigenvalue weighted by molar-refractivity contribution is -0.126. The third kappa shape index (κ3) is 5.17. The maximum Gasteiger partial charge on any atom is 0.254 e. The summed E-state index contributed by atoms with van der Waals surface area (Å²) in [6.07, 6.45) is 2.92. The lowest BCUT2D eigenvalue weighted by Crippen LogP contribution is -2.42. The molecule has 4 rings (SSSR count). The molecule has 32 heavy (non-hydrogen) atoms. The highest BCUT2D eigenvalue weighted by Gasteiger charge is 2.33. The fourth-order valence-corrected chi connectivity index (χ4v) is 6.99. The Morgan fingerprint density at radius 3 is 2.38 bits per heavy atom. The first-order valence-corrected chi connectivity index (χ1v) is 13.4. The molecule has 2 fully saturated rings. The van der Waals surface area contributed by atoms with Gasteiger partial charge >= 0.3 is 0 Å². The van der Waals surface area contributed by atoms with Crippen molar-refractivity contribution < 1.29 is 18.0 Å². The van der Waals surface area contributed by atoms with Gasteiger partial charge in [-0.2, -0.15) is 4.31 Å². The summed E-state index contributed by atoms with van der Waals surface area (Å²) in [4.78, 5) is 26.8. The molecule has 0 atom stereocenters. The first kappa shape index (κ1) is 23.2. The van der Waals surface area contributed by atoms with Gasteiger partial charge in [0.1, 0.15) is 4.21 Å². The molecule has 2 saturated heterocycles. The van der Waals surface area contributed by atoms with Gasteiger partial charge in [-0.1, -0.05) is 23.7 Å². The number of nitrogens with zero attached hydrogens (tertiary/aromatic N) is 2. The maximum absolute atomic E-state index is 13.1. The second-order valence-electron chi connectivity index (χ2n) is 8.18. The summed E-state index contributed by atoms with van der Waals surface area (Å²) < 4.78 is 27.7. The Hall–Kier alpha value is -1.94. The summed E-state index contributed by atoms with van der Waals surface area (Å²) in [5.74, 6) is -0.382. The monoisotopic (exact) mass is 495 g/mol. The second kappa shape index (κ2) is 9.91. The van der Waals surface area contributed by atoms with E-state index in [4.69, 9.17) is 11.6 Å². The quantitative estimate of drug-likeness (QED) is 0.665. The molecule has 2 aromatic rings. The van der Waals surface area contributed by atoms with E-state index in [2.05, 4.69) is 5.32 Å². The van der Waals surface area contributed by atoms with Crippen LogP contribution >= 0.6 is 22.9 Å². The largest absolute Gasteiger partial charge is 0.352 e. The molecule has 0 aliphatic carbocycles. The van der Waals surface area contributed by atoms with Gasteiger partial charge in [0, 0.05) is 49.0 Å². The minimum atomic E-state index is -3.67. The summed E-state index contributed by atoms with van der Waals surface area (Å²) in [6.45, 7) is 2.44. The van der Waals surface area contributed by atoms with E-state index in [9.17, 15) is 18.0 Å². The van der Waals surface area contributed by atoms with Gasteiger partial charge in [-0.05, 0) is 49.4 Å². The normalized spacial score (nSPS) is 18.1. The van der Waals surface area contributed by atoms with Gasteiger partial charge in [0.25, 0.3) is 15.9 Å². The number of carbonyl (C=O) groups excluding carboxylic acids is 2. The predicted octanol–water partition coefficient (Wildman–Crippen LogP) is 3.35. The number of piperidine rings is 1. The van der Waals surface area contributed by atoms with Gasteiger partial charge < -0.3 is 10.2 Å². The summed E-state index contributed by atoms with van der Waals surface area (Å²) in [5, 5.41) is 5.20. The highest BCUT2D eigenvalue weighted by Crippen LogP contribution is 2.29. The van der Waals surface area contributed by atoms with E-state index in [1.165, 1.54) is 10.4 Å². The van der Waals surface area contributed by atoms with Crippen molar-refractivity contribution in [2.75, 3.05) is 26.2 Å². The number of nitrogens with one attached hydrogen (secondary N) is 1. The number of halogens is 1. The van der Waals surface area contributed by atoms with Gasteiger partial charge in [0.05, 0.1) is 5.56 Å². The third-order valence-electron chi connectivity index (χ3n) is 6.01. The molecule has 0 radical (unpaired) electrons. The van der Waals surface area contributed by atoms with E-state index >= 15 is 0 Å². The molecule has 172 valence electrons. The van der Waals surface area contributed by atoms with Crippen LogP contribution in [0.2, 0.25) is 5.02 Å². The molecule has 2 amide bonds. The number of thiophene rings is 1. The van der Waals surface area contributed by atoms with Crippen molar-refractivity contribution in [2.24, 2.45) is 5.92 Å². The van der Waals surface area contributed by atoms with Gasteiger partial charge in [-0.15, -0.1) is 11.3 Å². The number of benzene rings is 1. The van der Waals surface area contributed by atoms with E-state index in [-0.39, 0.29) is 35.0 Å². The summed E-state index contributed by atoms with van der Waals surface area (Å²) in [7, 11) is -3.67. The number of rotatable bonds is 6. The van der Waals surface area contributed by atoms with Crippen LogP contribution in [0, 0.1) is 5.92 Å². The molecule has 1 aromatic heterocycles. The first-order chi connectivity index (χ1) is 15.3. The molecular formula is C22H26ClN3O4S2. The van der Waals surface area contributed by atoms with Crippen molar-refractivity contribution in [2.45, 2.75) is 36.4 Å². The van der Waals surface area contributed by atoms with Crippen LogP contribution in [-0.4, -0.2) is 55.6 Å². The van der Waals surface area contributed by atoms with Crippen molar-refractivity contribution in [3.63, 3.8) is 0 Å². The molecule has 2 aliphatic heterocycles. The number of amides is 2. The van der Waals surface area contributed by atoms with Gasteiger partial charge in [0.2, 0.25) is 5.91 Å². The van der Waals surface area contributed by atoms with Crippen LogP contribution in [0.25, 0.3) is 0 Å². The average Bonchev–Trinajstić information content (AvgIpc) is 3.51. The molecular weight excluding hydrogens is 470 g/mol. The maximum atomic E-state index is 13.1. The van der Waals surface area contributed by atoms with E-state index in [0.717, 1.165) is 42.8 Å². The van der Waals surface area contributed by atoms with Gasteiger partial charge in [-0.3, -0.25) is 9.59 Å². The lowest BCUT2D eigenvalue weighted by Gasteiger charge is -2.30. The molecule has 2 aliphatic rings. The van der Waals surface area contributed by atoms with E-state index < -0.39 is 10.0 Å². The molecule has 1 aromatic carbocycles. The average molecular weight is 496 g/mol. The predicted molar refractivity (Wildman–Crippen MR) is 124 cm³/mol. The van der Waals surface area contributed by atoms with Crippen LogP contribution in [0.3, 0.4) is 0 Å². The zero-order valence-electron chi connectivity index (χ0n) is 17.6. The summed E-state index contributed by atoms with van der Waals surface area (Å²) >= 11 is 6.96. The van der Waals surface area contributed by atoms with E-state index in [0.29, 0.717) is 30.0 Å². The highest BCUT2D eigenvalue weighted by atomic mass is 35.5.